The number of rotatable bonds is 8. The molecule has 0 aliphatic rings. The first-order valence-electron chi connectivity index (χ1n) is 6.94. The molecule has 104 valence electrons. The first-order chi connectivity index (χ1) is 8.50. The molecule has 0 radical (unpaired) electrons. The Labute approximate surface area is 112 Å². The first-order valence-corrected chi connectivity index (χ1v) is 6.94. The second-order valence-corrected chi connectivity index (χ2v) is 5.65. The number of hydrogen-bond donors (Lipinski definition) is 1. The maximum atomic E-state index is 5.33. The van der Waals surface area contributed by atoms with Crippen molar-refractivity contribution in [3.8, 4) is 0 Å². The van der Waals surface area contributed by atoms with Gasteiger partial charge >= 0.3 is 0 Å². The maximum Gasteiger partial charge on any atom is 0.105 e. The van der Waals surface area contributed by atoms with Gasteiger partial charge < -0.3 is 9.73 Å². The normalized spacial score (nSPS) is 13.5. The Bertz CT molecular complexity index is 333. The largest absolute Gasteiger partial charge is 0.469 e. The molecule has 1 aromatic rings. The third-order valence-electron chi connectivity index (χ3n) is 3.43. The molecule has 1 N–H and O–H groups in total. The van der Waals surface area contributed by atoms with Gasteiger partial charge in [0.1, 0.15) is 5.76 Å². The van der Waals surface area contributed by atoms with E-state index in [9.17, 15) is 0 Å². The van der Waals surface area contributed by atoms with Crippen LogP contribution >= 0.6 is 0 Å². The van der Waals surface area contributed by atoms with Gasteiger partial charge in [-0.1, -0.05) is 13.8 Å². The van der Waals surface area contributed by atoms with Crippen LogP contribution in [0.5, 0.6) is 0 Å². The van der Waals surface area contributed by atoms with Crippen molar-refractivity contribution in [3.63, 3.8) is 0 Å². The number of nitrogens with zero attached hydrogens (tertiary/aromatic N) is 1. The minimum absolute atomic E-state index is 0.582. The molecule has 1 atom stereocenters. The zero-order valence-electron chi connectivity index (χ0n) is 12.5. The van der Waals surface area contributed by atoms with Crippen molar-refractivity contribution in [2.75, 3.05) is 20.1 Å². The second-order valence-electron chi connectivity index (χ2n) is 5.65. The van der Waals surface area contributed by atoms with Crippen LogP contribution in [-0.2, 0) is 6.54 Å². The van der Waals surface area contributed by atoms with Gasteiger partial charge in [-0.15, -0.1) is 0 Å². The fourth-order valence-electron chi connectivity index (χ4n) is 1.92. The molecular weight excluding hydrogens is 224 g/mol. The molecule has 3 heteroatoms. The molecular formula is C15H28N2O. The van der Waals surface area contributed by atoms with Crippen molar-refractivity contribution in [2.24, 2.45) is 5.92 Å². The lowest BCUT2D eigenvalue weighted by molar-refractivity contribution is 0.234. The van der Waals surface area contributed by atoms with Crippen LogP contribution in [0.1, 0.15) is 38.5 Å². The quantitative estimate of drug-likeness (QED) is 0.721. The van der Waals surface area contributed by atoms with E-state index in [0.29, 0.717) is 6.04 Å². The Kier molecular flexibility index (Phi) is 6.44. The highest BCUT2D eigenvalue weighted by Gasteiger charge is 2.11. The summed E-state index contributed by atoms with van der Waals surface area (Å²) in [6.45, 7) is 12.0. The van der Waals surface area contributed by atoms with Gasteiger partial charge in [0.25, 0.3) is 0 Å². The summed E-state index contributed by atoms with van der Waals surface area (Å²) in [4.78, 5) is 2.38. The van der Waals surface area contributed by atoms with E-state index in [0.717, 1.165) is 31.3 Å². The van der Waals surface area contributed by atoms with Crippen LogP contribution in [0, 0.1) is 12.8 Å². The number of nitrogens with one attached hydrogen (secondary N) is 1. The molecule has 0 bridgehead atoms. The molecule has 1 unspecified atom stereocenters. The predicted molar refractivity (Wildman–Crippen MR) is 76.7 cm³/mol. The standard InChI is InChI=1S/C15H28N2O/c1-12(2)10-16-8-6-13(3)17(5)11-15-7-9-18-14(15)4/h7,9,12-13,16H,6,8,10-11H2,1-5H3. The van der Waals surface area contributed by atoms with E-state index < -0.39 is 0 Å². The Morgan fingerprint density at radius 1 is 1.33 bits per heavy atom. The summed E-state index contributed by atoms with van der Waals surface area (Å²) in [6.07, 6.45) is 2.95. The van der Waals surface area contributed by atoms with Gasteiger partial charge in [-0.05, 0) is 52.4 Å². The van der Waals surface area contributed by atoms with Crippen molar-refractivity contribution >= 4 is 0 Å². The molecule has 1 heterocycles. The van der Waals surface area contributed by atoms with Crippen molar-refractivity contribution < 1.29 is 4.42 Å². The SMILES string of the molecule is Cc1occc1CN(C)C(C)CCNCC(C)C. The van der Waals surface area contributed by atoms with Gasteiger partial charge in [0.2, 0.25) is 0 Å². The minimum atomic E-state index is 0.582. The average Bonchev–Trinajstić information content (AvgIpc) is 2.70. The zero-order valence-corrected chi connectivity index (χ0v) is 12.5. The van der Waals surface area contributed by atoms with Gasteiger partial charge in [0.05, 0.1) is 6.26 Å². The van der Waals surface area contributed by atoms with Crippen LogP contribution in [0.4, 0.5) is 0 Å². The molecule has 18 heavy (non-hydrogen) atoms. The highest BCUT2D eigenvalue weighted by molar-refractivity contribution is 5.15. The minimum Gasteiger partial charge on any atom is -0.469 e. The van der Waals surface area contributed by atoms with Gasteiger partial charge in [-0.2, -0.15) is 0 Å². The summed E-state index contributed by atoms with van der Waals surface area (Å²) in [7, 11) is 2.18. The maximum absolute atomic E-state index is 5.33. The molecule has 0 spiro atoms. The summed E-state index contributed by atoms with van der Waals surface area (Å²) in [6, 6.07) is 2.65. The summed E-state index contributed by atoms with van der Waals surface area (Å²) in [5.41, 5.74) is 1.29. The van der Waals surface area contributed by atoms with E-state index in [4.69, 9.17) is 4.42 Å². The molecule has 0 aromatic carbocycles. The van der Waals surface area contributed by atoms with Crippen LogP contribution in [0.15, 0.2) is 16.7 Å². The fraction of sp³-hybridized carbons (Fsp3) is 0.733. The zero-order chi connectivity index (χ0) is 13.5. The van der Waals surface area contributed by atoms with Gasteiger partial charge in [0, 0.05) is 18.2 Å². The van der Waals surface area contributed by atoms with Crippen molar-refractivity contribution in [1.82, 2.24) is 10.2 Å². The fourth-order valence-corrected chi connectivity index (χ4v) is 1.92. The number of furan rings is 1. The van der Waals surface area contributed by atoms with E-state index in [1.54, 1.807) is 6.26 Å². The van der Waals surface area contributed by atoms with Gasteiger partial charge in [-0.3, -0.25) is 4.90 Å². The molecule has 0 aliphatic heterocycles. The van der Waals surface area contributed by atoms with E-state index in [1.807, 2.05) is 6.92 Å². The Balaban J connectivity index is 2.24. The molecule has 0 amide bonds. The van der Waals surface area contributed by atoms with Crippen LogP contribution in [0.25, 0.3) is 0 Å². The lowest BCUT2D eigenvalue weighted by atomic mass is 10.1. The monoisotopic (exact) mass is 252 g/mol. The topological polar surface area (TPSA) is 28.4 Å². The van der Waals surface area contributed by atoms with E-state index in [1.165, 1.54) is 12.0 Å². The van der Waals surface area contributed by atoms with Crippen LogP contribution < -0.4 is 5.32 Å². The Hall–Kier alpha value is -0.800. The second kappa shape index (κ2) is 7.59. The van der Waals surface area contributed by atoms with E-state index >= 15 is 0 Å². The molecule has 3 nitrogen and oxygen atoms in total. The summed E-state index contributed by atoms with van der Waals surface area (Å²) in [5.74, 6) is 1.76. The summed E-state index contributed by atoms with van der Waals surface area (Å²) in [5, 5.41) is 3.50. The highest BCUT2D eigenvalue weighted by atomic mass is 16.3. The predicted octanol–water partition coefficient (Wildman–Crippen LogP) is 3.04. The van der Waals surface area contributed by atoms with E-state index in [-0.39, 0.29) is 0 Å². The van der Waals surface area contributed by atoms with Crippen molar-refractivity contribution in [2.45, 2.75) is 46.7 Å². The Morgan fingerprint density at radius 3 is 2.61 bits per heavy atom. The molecule has 1 rings (SSSR count). The molecule has 0 aliphatic carbocycles. The molecule has 0 saturated carbocycles. The van der Waals surface area contributed by atoms with E-state index in [2.05, 4.69) is 44.1 Å². The van der Waals surface area contributed by atoms with Crippen LogP contribution in [0.3, 0.4) is 0 Å². The average molecular weight is 252 g/mol. The first kappa shape index (κ1) is 15.3. The molecule has 1 aromatic heterocycles. The van der Waals surface area contributed by atoms with Gasteiger partial charge in [0.15, 0.2) is 0 Å². The molecule has 0 saturated heterocycles. The van der Waals surface area contributed by atoms with Crippen LogP contribution in [-0.4, -0.2) is 31.1 Å². The third kappa shape index (κ3) is 5.23. The van der Waals surface area contributed by atoms with Crippen molar-refractivity contribution in [3.05, 3.63) is 23.7 Å². The summed E-state index contributed by atoms with van der Waals surface area (Å²) < 4.78 is 5.33. The third-order valence-corrected chi connectivity index (χ3v) is 3.43. The molecule has 0 fully saturated rings. The van der Waals surface area contributed by atoms with Gasteiger partial charge in [-0.25, -0.2) is 0 Å². The number of aryl methyl sites for hydroxylation is 1. The number of hydrogen-bond acceptors (Lipinski definition) is 3. The van der Waals surface area contributed by atoms with Crippen LogP contribution in [0.2, 0.25) is 0 Å². The Morgan fingerprint density at radius 2 is 2.06 bits per heavy atom. The lowest BCUT2D eigenvalue weighted by Crippen LogP contribution is -2.32. The highest BCUT2D eigenvalue weighted by Crippen LogP contribution is 2.13. The summed E-state index contributed by atoms with van der Waals surface area (Å²) >= 11 is 0. The lowest BCUT2D eigenvalue weighted by Gasteiger charge is -2.24. The smallest absolute Gasteiger partial charge is 0.105 e. The van der Waals surface area contributed by atoms with Crippen molar-refractivity contribution in [1.29, 1.82) is 0 Å².